The van der Waals surface area contributed by atoms with Crippen molar-refractivity contribution in [3.05, 3.63) is 29.8 Å². The van der Waals surface area contributed by atoms with Crippen molar-refractivity contribution in [3.63, 3.8) is 0 Å². The minimum Gasteiger partial charge on any atom is -0.340 e. The van der Waals surface area contributed by atoms with Gasteiger partial charge in [-0.3, -0.25) is 10.6 Å². The Bertz CT molecular complexity index is 483. The highest BCUT2D eigenvalue weighted by Crippen LogP contribution is 2.38. The minimum atomic E-state index is -0.158. The average molecular weight is 289 g/mol. The lowest BCUT2D eigenvalue weighted by atomic mass is 9.84. The first-order valence-corrected chi connectivity index (χ1v) is 7.94. The Morgan fingerprint density at radius 2 is 1.76 bits per heavy atom. The van der Waals surface area contributed by atoms with Crippen LogP contribution in [0.2, 0.25) is 0 Å². The summed E-state index contributed by atoms with van der Waals surface area (Å²) in [6, 6.07) is 8.87. The number of rotatable bonds is 2. The second-order valence-corrected chi connectivity index (χ2v) is 6.40. The Morgan fingerprint density at radius 1 is 1.10 bits per heavy atom. The summed E-state index contributed by atoms with van der Waals surface area (Å²) in [7, 11) is 2.00. The fourth-order valence-corrected chi connectivity index (χ4v) is 3.77. The molecule has 3 rings (SSSR count). The van der Waals surface area contributed by atoms with Crippen LogP contribution in [0.3, 0.4) is 0 Å². The van der Waals surface area contributed by atoms with E-state index in [-0.39, 0.29) is 12.5 Å². The number of hydrogen-bond acceptors (Lipinski definition) is 5. The molecule has 0 spiro atoms. The zero-order chi connectivity index (χ0) is 15.0. The topological polar surface area (TPSA) is 84.5 Å². The van der Waals surface area contributed by atoms with E-state index in [0.717, 1.165) is 19.4 Å². The molecule has 116 valence electrons. The van der Waals surface area contributed by atoms with Gasteiger partial charge in [0, 0.05) is 17.3 Å². The van der Waals surface area contributed by atoms with Gasteiger partial charge in [-0.2, -0.15) is 0 Å². The third-order valence-electron chi connectivity index (χ3n) is 5.22. The van der Waals surface area contributed by atoms with Gasteiger partial charge in [0.1, 0.15) is 6.29 Å². The lowest BCUT2D eigenvalue weighted by molar-refractivity contribution is 0.142. The molecule has 1 heterocycles. The van der Waals surface area contributed by atoms with E-state index in [4.69, 9.17) is 17.2 Å². The molecule has 5 nitrogen and oxygen atoms in total. The number of anilines is 1. The van der Waals surface area contributed by atoms with Crippen molar-refractivity contribution in [1.29, 1.82) is 0 Å². The summed E-state index contributed by atoms with van der Waals surface area (Å²) < 4.78 is 0. The zero-order valence-corrected chi connectivity index (χ0v) is 12.8. The van der Waals surface area contributed by atoms with E-state index in [1.807, 2.05) is 13.1 Å². The predicted molar refractivity (Wildman–Crippen MR) is 86.4 cm³/mol. The molecule has 1 saturated carbocycles. The van der Waals surface area contributed by atoms with E-state index in [1.165, 1.54) is 24.1 Å². The Labute approximate surface area is 127 Å². The van der Waals surface area contributed by atoms with E-state index >= 15 is 0 Å². The van der Waals surface area contributed by atoms with E-state index in [0.29, 0.717) is 12.0 Å². The molecule has 2 atom stereocenters. The van der Waals surface area contributed by atoms with E-state index in [2.05, 4.69) is 28.0 Å². The number of nitrogens with zero attached hydrogens (tertiary/aromatic N) is 2. The van der Waals surface area contributed by atoms with Gasteiger partial charge < -0.3 is 16.4 Å². The third-order valence-corrected chi connectivity index (χ3v) is 5.22. The van der Waals surface area contributed by atoms with Crippen molar-refractivity contribution in [2.75, 3.05) is 18.5 Å². The molecule has 0 amide bonds. The zero-order valence-electron chi connectivity index (χ0n) is 12.8. The van der Waals surface area contributed by atoms with Gasteiger partial charge >= 0.3 is 0 Å². The monoisotopic (exact) mass is 289 g/mol. The van der Waals surface area contributed by atoms with Crippen LogP contribution in [0, 0.1) is 5.92 Å². The van der Waals surface area contributed by atoms with Crippen molar-refractivity contribution in [1.82, 2.24) is 4.90 Å². The van der Waals surface area contributed by atoms with Crippen LogP contribution >= 0.6 is 0 Å². The largest absolute Gasteiger partial charge is 0.340 e. The molecule has 1 aromatic carbocycles. The van der Waals surface area contributed by atoms with Crippen LogP contribution in [-0.2, 0) is 0 Å². The summed E-state index contributed by atoms with van der Waals surface area (Å²) >= 11 is 0. The number of nitrogens with two attached hydrogens (primary N) is 3. The fourth-order valence-electron chi connectivity index (χ4n) is 3.77. The van der Waals surface area contributed by atoms with Crippen molar-refractivity contribution < 1.29 is 0 Å². The molecular weight excluding hydrogens is 262 g/mol. The first kappa shape index (κ1) is 14.8. The molecule has 0 aromatic heterocycles. The normalized spacial score (nSPS) is 33.8. The van der Waals surface area contributed by atoms with Crippen molar-refractivity contribution in [2.45, 2.75) is 44.2 Å². The minimum absolute atomic E-state index is 0.132. The highest BCUT2D eigenvalue weighted by Gasteiger charge is 2.37. The first-order chi connectivity index (χ1) is 10.1. The predicted octanol–water partition coefficient (Wildman–Crippen LogP) is 1.16. The molecule has 1 aromatic rings. The SMILES string of the molecule is CN1C(N)c2ccccc2N(C2CCC(CN)CC2)C1N. The van der Waals surface area contributed by atoms with Gasteiger partial charge in [-0.25, -0.2) is 0 Å². The van der Waals surface area contributed by atoms with Gasteiger partial charge in [-0.05, 0) is 51.3 Å². The first-order valence-electron chi connectivity index (χ1n) is 7.94. The van der Waals surface area contributed by atoms with Gasteiger partial charge in [0.05, 0.1) is 6.17 Å². The molecule has 6 N–H and O–H groups in total. The highest BCUT2D eigenvalue weighted by molar-refractivity contribution is 5.58. The molecule has 21 heavy (non-hydrogen) atoms. The second-order valence-electron chi connectivity index (χ2n) is 6.40. The summed E-state index contributed by atoms with van der Waals surface area (Å²) in [4.78, 5) is 4.42. The smallest absolute Gasteiger partial charge is 0.136 e. The quantitative estimate of drug-likeness (QED) is 0.761. The van der Waals surface area contributed by atoms with Gasteiger partial charge in [-0.15, -0.1) is 0 Å². The van der Waals surface area contributed by atoms with Gasteiger partial charge in [0.15, 0.2) is 0 Å². The molecule has 0 saturated heterocycles. The second kappa shape index (κ2) is 5.93. The lowest BCUT2D eigenvalue weighted by Crippen LogP contribution is -2.62. The van der Waals surface area contributed by atoms with Crippen LogP contribution in [0.4, 0.5) is 5.69 Å². The number of para-hydroxylation sites is 1. The molecule has 0 bridgehead atoms. The van der Waals surface area contributed by atoms with Crippen LogP contribution in [0.5, 0.6) is 0 Å². The lowest BCUT2D eigenvalue weighted by Gasteiger charge is -2.50. The third kappa shape index (κ3) is 2.55. The number of fused-ring (bicyclic) bond motifs is 1. The maximum Gasteiger partial charge on any atom is 0.136 e. The van der Waals surface area contributed by atoms with Crippen LogP contribution in [0.25, 0.3) is 0 Å². The Kier molecular flexibility index (Phi) is 4.17. The standard InChI is InChI=1S/C16H27N5/c1-20-15(18)13-4-2-3-5-14(13)21(16(20)19)12-8-6-11(10-17)7-9-12/h2-5,11-12,15-16H,6-10,17-19H2,1H3. The maximum absolute atomic E-state index is 6.47. The molecule has 5 heteroatoms. The van der Waals surface area contributed by atoms with Gasteiger partial charge in [0.25, 0.3) is 0 Å². The summed E-state index contributed by atoms with van der Waals surface area (Å²) in [5.41, 5.74) is 21.0. The summed E-state index contributed by atoms with van der Waals surface area (Å²) in [6.45, 7) is 0.806. The van der Waals surface area contributed by atoms with Crippen LogP contribution < -0.4 is 22.1 Å². The van der Waals surface area contributed by atoms with Crippen LogP contribution in [0.15, 0.2) is 24.3 Å². The van der Waals surface area contributed by atoms with Crippen LogP contribution in [-0.4, -0.2) is 30.8 Å². The maximum atomic E-state index is 6.47. The molecule has 1 aliphatic heterocycles. The molecule has 1 aliphatic carbocycles. The van der Waals surface area contributed by atoms with Gasteiger partial charge in [-0.1, -0.05) is 18.2 Å². The fraction of sp³-hybridized carbons (Fsp3) is 0.625. The summed E-state index contributed by atoms with van der Waals surface area (Å²) in [5.74, 6) is 0.678. The Morgan fingerprint density at radius 3 is 2.43 bits per heavy atom. The summed E-state index contributed by atoms with van der Waals surface area (Å²) in [6.07, 6.45) is 4.42. The average Bonchev–Trinajstić information content (AvgIpc) is 2.53. The molecular formula is C16H27N5. The van der Waals surface area contributed by atoms with E-state index in [9.17, 15) is 0 Å². The Hall–Kier alpha value is -1.14. The van der Waals surface area contributed by atoms with E-state index in [1.54, 1.807) is 0 Å². The molecule has 0 radical (unpaired) electrons. The van der Waals surface area contributed by atoms with Crippen molar-refractivity contribution in [3.8, 4) is 0 Å². The summed E-state index contributed by atoms with van der Waals surface area (Å²) in [5, 5.41) is 0. The number of benzene rings is 1. The van der Waals surface area contributed by atoms with Crippen LogP contribution in [0.1, 0.15) is 37.4 Å². The highest BCUT2D eigenvalue weighted by atomic mass is 15.5. The molecule has 2 aliphatic rings. The van der Waals surface area contributed by atoms with Crippen molar-refractivity contribution >= 4 is 5.69 Å². The van der Waals surface area contributed by atoms with Gasteiger partial charge in [0.2, 0.25) is 0 Å². The van der Waals surface area contributed by atoms with E-state index < -0.39 is 0 Å². The Balaban J connectivity index is 1.89. The molecule has 1 fully saturated rings. The number of hydrogen-bond donors (Lipinski definition) is 3. The molecule has 2 unspecified atom stereocenters. The van der Waals surface area contributed by atoms with Crippen molar-refractivity contribution in [2.24, 2.45) is 23.1 Å².